The number of nitrogens with one attached hydrogen (secondary N) is 1. The van der Waals surface area contributed by atoms with Crippen molar-refractivity contribution in [3.05, 3.63) is 35.7 Å². The first kappa shape index (κ1) is 22.9. The molecule has 1 atom stereocenters. The topological polar surface area (TPSA) is 106 Å². The van der Waals surface area contributed by atoms with Gasteiger partial charge >= 0.3 is 0 Å². The normalized spacial score (nSPS) is 12.2. The van der Waals surface area contributed by atoms with Crippen molar-refractivity contribution in [3.63, 3.8) is 0 Å². The van der Waals surface area contributed by atoms with E-state index in [9.17, 15) is 9.59 Å². The number of hydrogen-bond donors (Lipinski definition) is 2. The molecule has 0 spiro atoms. The number of rotatable bonds is 11. The predicted molar refractivity (Wildman–Crippen MR) is 116 cm³/mol. The second-order valence-corrected chi connectivity index (χ2v) is 7.92. The van der Waals surface area contributed by atoms with Crippen LogP contribution in [0.1, 0.15) is 55.3 Å². The van der Waals surface area contributed by atoms with Crippen LogP contribution in [0, 0.1) is 0 Å². The van der Waals surface area contributed by atoms with E-state index in [2.05, 4.69) is 38.8 Å². The van der Waals surface area contributed by atoms with E-state index in [4.69, 9.17) is 5.73 Å². The number of unbranched alkanes of at least 4 members (excludes halogenated alkanes) is 1. The van der Waals surface area contributed by atoms with Crippen molar-refractivity contribution in [1.29, 1.82) is 0 Å². The first-order valence-corrected chi connectivity index (χ1v) is 10.8. The molecule has 2 aromatic rings. The standard InChI is InChI=1S/C20H30N6O2S/c1-5-7-12-26-19(16(6-2)25(3)4)23-24-20(26)29-13-17(27)22-15-11-9-8-10-14(15)18(21)28/h8-11,16H,5-7,12-13H2,1-4H3,(H2,21,28)(H,22,27)/t16-/m1/s1. The zero-order valence-corrected chi connectivity index (χ0v) is 18.3. The Hall–Kier alpha value is -2.39. The molecule has 8 nitrogen and oxygen atoms in total. The van der Waals surface area contributed by atoms with Crippen molar-refractivity contribution in [2.75, 3.05) is 25.2 Å². The molecule has 0 fully saturated rings. The fraction of sp³-hybridized carbons (Fsp3) is 0.500. The average Bonchev–Trinajstić information content (AvgIpc) is 3.07. The van der Waals surface area contributed by atoms with E-state index in [1.54, 1.807) is 24.3 Å². The van der Waals surface area contributed by atoms with Gasteiger partial charge in [-0.3, -0.25) is 14.5 Å². The minimum Gasteiger partial charge on any atom is -0.366 e. The average molecular weight is 419 g/mol. The third kappa shape index (κ3) is 6.04. The Kier molecular flexibility index (Phi) is 8.66. The van der Waals surface area contributed by atoms with Crippen LogP contribution in [0.15, 0.2) is 29.4 Å². The van der Waals surface area contributed by atoms with Crippen molar-refractivity contribution >= 4 is 29.3 Å². The molecule has 0 aliphatic carbocycles. The number of amides is 2. The van der Waals surface area contributed by atoms with E-state index in [1.165, 1.54) is 11.8 Å². The van der Waals surface area contributed by atoms with Crippen LogP contribution in [0.2, 0.25) is 0 Å². The molecular formula is C20H30N6O2S. The highest BCUT2D eigenvalue weighted by molar-refractivity contribution is 7.99. The first-order valence-electron chi connectivity index (χ1n) is 9.80. The molecule has 0 unspecified atom stereocenters. The number of para-hydroxylation sites is 1. The summed E-state index contributed by atoms with van der Waals surface area (Å²) in [6.45, 7) is 5.08. The summed E-state index contributed by atoms with van der Waals surface area (Å²) < 4.78 is 2.12. The number of hydrogen-bond acceptors (Lipinski definition) is 6. The van der Waals surface area contributed by atoms with Crippen LogP contribution in [0.25, 0.3) is 0 Å². The Bertz CT molecular complexity index is 836. The van der Waals surface area contributed by atoms with E-state index in [0.29, 0.717) is 5.69 Å². The van der Waals surface area contributed by atoms with Gasteiger partial charge < -0.3 is 15.6 Å². The molecule has 1 aromatic carbocycles. The summed E-state index contributed by atoms with van der Waals surface area (Å²) in [4.78, 5) is 26.1. The highest BCUT2D eigenvalue weighted by atomic mass is 32.2. The van der Waals surface area contributed by atoms with Crippen LogP contribution < -0.4 is 11.1 Å². The summed E-state index contributed by atoms with van der Waals surface area (Å²) in [5.41, 5.74) is 6.07. The van der Waals surface area contributed by atoms with Gasteiger partial charge in [-0.1, -0.05) is 44.2 Å². The van der Waals surface area contributed by atoms with Gasteiger partial charge in [-0.15, -0.1) is 10.2 Å². The largest absolute Gasteiger partial charge is 0.366 e. The maximum atomic E-state index is 12.4. The van der Waals surface area contributed by atoms with Gasteiger partial charge in [0, 0.05) is 6.54 Å². The second-order valence-electron chi connectivity index (χ2n) is 6.98. The van der Waals surface area contributed by atoms with Gasteiger partial charge in [0.25, 0.3) is 5.91 Å². The molecular weight excluding hydrogens is 388 g/mol. The zero-order chi connectivity index (χ0) is 21.4. The lowest BCUT2D eigenvalue weighted by atomic mass is 10.1. The number of thioether (sulfide) groups is 1. The Balaban J connectivity index is 2.12. The molecule has 0 aliphatic heterocycles. The third-order valence-electron chi connectivity index (χ3n) is 4.59. The van der Waals surface area contributed by atoms with E-state index in [-0.39, 0.29) is 23.3 Å². The molecule has 0 saturated carbocycles. The first-order chi connectivity index (χ1) is 13.9. The van der Waals surface area contributed by atoms with Gasteiger partial charge in [-0.25, -0.2) is 0 Å². The van der Waals surface area contributed by atoms with E-state index in [0.717, 1.165) is 36.8 Å². The molecule has 29 heavy (non-hydrogen) atoms. The molecule has 0 saturated heterocycles. The van der Waals surface area contributed by atoms with Crippen molar-refractivity contribution in [1.82, 2.24) is 19.7 Å². The second kappa shape index (κ2) is 11.0. The summed E-state index contributed by atoms with van der Waals surface area (Å²) in [7, 11) is 4.06. The van der Waals surface area contributed by atoms with E-state index < -0.39 is 5.91 Å². The highest BCUT2D eigenvalue weighted by Gasteiger charge is 2.22. The zero-order valence-electron chi connectivity index (χ0n) is 17.5. The molecule has 9 heteroatoms. The van der Waals surface area contributed by atoms with E-state index >= 15 is 0 Å². The smallest absolute Gasteiger partial charge is 0.250 e. The fourth-order valence-electron chi connectivity index (χ4n) is 3.08. The molecule has 0 radical (unpaired) electrons. The van der Waals surface area contributed by atoms with Crippen LogP contribution in [-0.4, -0.2) is 51.3 Å². The van der Waals surface area contributed by atoms with Crippen molar-refractivity contribution < 1.29 is 9.59 Å². The minimum atomic E-state index is -0.577. The quantitative estimate of drug-likeness (QED) is 0.544. The van der Waals surface area contributed by atoms with Gasteiger partial charge in [0.05, 0.1) is 23.0 Å². The molecule has 0 aliphatic rings. The van der Waals surface area contributed by atoms with Crippen molar-refractivity contribution in [2.45, 2.75) is 50.9 Å². The van der Waals surface area contributed by atoms with Gasteiger partial charge in [0.1, 0.15) is 0 Å². The molecule has 2 amide bonds. The van der Waals surface area contributed by atoms with Crippen LogP contribution in [0.3, 0.4) is 0 Å². The maximum Gasteiger partial charge on any atom is 0.250 e. The van der Waals surface area contributed by atoms with Crippen molar-refractivity contribution in [3.8, 4) is 0 Å². The summed E-state index contributed by atoms with van der Waals surface area (Å²) in [6.07, 6.45) is 3.00. The third-order valence-corrected chi connectivity index (χ3v) is 5.55. The number of carbonyl (C=O) groups is 2. The van der Waals surface area contributed by atoms with Gasteiger partial charge in [0.15, 0.2) is 11.0 Å². The lowest BCUT2D eigenvalue weighted by Crippen LogP contribution is -2.23. The lowest BCUT2D eigenvalue weighted by molar-refractivity contribution is -0.113. The van der Waals surface area contributed by atoms with Gasteiger partial charge in [-0.2, -0.15) is 0 Å². The Labute approximate surface area is 176 Å². The summed E-state index contributed by atoms with van der Waals surface area (Å²) in [5.74, 6) is 0.283. The number of anilines is 1. The highest BCUT2D eigenvalue weighted by Crippen LogP contribution is 2.26. The predicted octanol–water partition coefficient (Wildman–Crippen LogP) is 2.92. The number of nitrogens with two attached hydrogens (primary N) is 1. The van der Waals surface area contributed by atoms with Crippen LogP contribution in [0.5, 0.6) is 0 Å². The summed E-state index contributed by atoms with van der Waals surface area (Å²) in [5, 5.41) is 12.2. The van der Waals surface area contributed by atoms with Gasteiger partial charge in [0.2, 0.25) is 5.91 Å². The Morgan fingerprint density at radius 1 is 1.24 bits per heavy atom. The van der Waals surface area contributed by atoms with Crippen molar-refractivity contribution in [2.24, 2.45) is 5.73 Å². The number of benzene rings is 1. The van der Waals surface area contributed by atoms with Crippen LogP contribution in [0.4, 0.5) is 5.69 Å². The molecule has 0 bridgehead atoms. The maximum absolute atomic E-state index is 12.4. The minimum absolute atomic E-state index is 0.163. The fourth-order valence-corrected chi connectivity index (χ4v) is 3.85. The van der Waals surface area contributed by atoms with Crippen LogP contribution in [-0.2, 0) is 11.3 Å². The monoisotopic (exact) mass is 418 g/mol. The molecule has 1 aromatic heterocycles. The molecule has 3 N–H and O–H groups in total. The number of aromatic nitrogens is 3. The SMILES string of the molecule is CCCCn1c(SCC(=O)Nc2ccccc2C(N)=O)nnc1[C@@H](CC)N(C)C. The number of carbonyl (C=O) groups excluding carboxylic acids is 2. The number of nitrogens with zero attached hydrogens (tertiary/aromatic N) is 4. The molecule has 1 heterocycles. The van der Waals surface area contributed by atoms with Crippen LogP contribution >= 0.6 is 11.8 Å². The Morgan fingerprint density at radius 3 is 2.59 bits per heavy atom. The summed E-state index contributed by atoms with van der Waals surface area (Å²) in [6, 6.07) is 6.87. The Morgan fingerprint density at radius 2 is 1.97 bits per heavy atom. The summed E-state index contributed by atoms with van der Waals surface area (Å²) >= 11 is 1.34. The number of primary amides is 1. The molecule has 2 rings (SSSR count). The lowest BCUT2D eigenvalue weighted by Gasteiger charge is -2.23. The van der Waals surface area contributed by atoms with Gasteiger partial charge in [-0.05, 0) is 39.1 Å². The molecule has 158 valence electrons. The van der Waals surface area contributed by atoms with E-state index in [1.807, 2.05) is 14.1 Å².